The van der Waals surface area contributed by atoms with Gasteiger partial charge in [-0.3, -0.25) is 4.79 Å². The summed E-state index contributed by atoms with van der Waals surface area (Å²) in [7, 11) is 5.41. The summed E-state index contributed by atoms with van der Waals surface area (Å²) in [6.45, 7) is 4.53. The van der Waals surface area contributed by atoms with Gasteiger partial charge in [-0.05, 0) is 0 Å². The van der Waals surface area contributed by atoms with Gasteiger partial charge < -0.3 is 15.5 Å². The van der Waals surface area contributed by atoms with E-state index in [1.165, 1.54) is 0 Å². The molecule has 0 aliphatic rings. The maximum absolute atomic E-state index is 11.5. The van der Waals surface area contributed by atoms with Gasteiger partial charge in [0.2, 0.25) is 5.91 Å². The number of nitrogens with one attached hydrogen (secondary N) is 2. The topological polar surface area (TPSA) is 70.2 Å². The van der Waals surface area contributed by atoms with Crippen LogP contribution in [0.25, 0.3) is 0 Å². The zero-order chi connectivity index (χ0) is 14.4. The molecule has 19 heavy (non-hydrogen) atoms. The molecule has 0 saturated heterocycles. The van der Waals surface area contributed by atoms with Crippen LogP contribution in [0.4, 0.5) is 11.6 Å². The molecule has 0 aromatic carbocycles. The van der Waals surface area contributed by atoms with Crippen LogP contribution >= 0.6 is 0 Å². The van der Waals surface area contributed by atoms with Gasteiger partial charge in [-0.1, -0.05) is 13.8 Å². The Morgan fingerprint density at radius 1 is 1.42 bits per heavy atom. The average molecular weight is 265 g/mol. The highest BCUT2D eigenvalue weighted by molar-refractivity contribution is 5.78. The molecule has 2 N–H and O–H groups in total. The van der Waals surface area contributed by atoms with Crippen molar-refractivity contribution in [3.8, 4) is 0 Å². The van der Waals surface area contributed by atoms with E-state index in [0.29, 0.717) is 6.54 Å². The lowest BCUT2D eigenvalue weighted by atomic mass is 10.1. The summed E-state index contributed by atoms with van der Waals surface area (Å²) in [5, 5.41) is 5.68. The van der Waals surface area contributed by atoms with E-state index >= 15 is 0 Å². The summed E-state index contributed by atoms with van der Waals surface area (Å²) >= 11 is 0. The van der Waals surface area contributed by atoms with Crippen LogP contribution in [0.15, 0.2) is 6.07 Å². The van der Waals surface area contributed by atoms with Crippen LogP contribution in [-0.2, 0) is 11.2 Å². The summed E-state index contributed by atoms with van der Waals surface area (Å²) in [4.78, 5) is 22.4. The number of rotatable bonds is 6. The molecule has 0 aliphatic heterocycles. The molecule has 1 unspecified atom stereocenters. The summed E-state index contributed by atoms with van der Waals surface area (Å²) in [5.74, 6) is 2.35. The predicted octanol–water partition coefficient (Wildman–Crippen LogP) is 0.899. The van der Waals surface area contributed by atoms with Gasteiger partial charge in [0.25, 0.3) is 0 Å². The third-order valence-corrected chi connectivity index (χ3v) is 2.96. The van der Waals surface area contributed by atoms with Crippen LogP contribution in [-0.4, -0.2) is 43.6 Å². The van der Waals surface area contributed by atoms with Crippen LogP contribution in [0, 0.1) is 5.92 Å². The summed E-state index contributed by atoms with van der Waals surface area (Å²) in [5.41, 5.74) is 0. The molecule has 0 saturated carbocycles. The van der Waals surface area contributed by atoms with Crippen molar-refractivity contribution >= 4 is 17.5 Å². The van der Waals surface area contributed by atoms with E-state index in [4.69, 9.17) is 0 Å². The average Bonchev–Trinajstić information content (AvgIpc) is 2.45. The molecule has 1 aromatic heterocycles. The molecule has 1 aromatic rings. The molecule has 1 rings (SSSR count). The number of anilines is 2. The molecule has 0 spiro atoms. The highest BCUT2D eigenvalue weighted by Crippen LogP contribution is 2.16. The van der Waals surface area contributed by atoms with E-state index in [1.807, 2.05) is 38.9 Å². The number of hydrogen-bond acceptors (Lipinski definition) is 5. The largest absolute Gasteiger partial charge is 0.373 e. The highest BCUT2D eigenvalue weighted by Gasteiger charge is 2.15. The first-order chi connectivity index (χ1) is 9.01. The number of nitrogens with zero attached hydrogens (tertiary/aromatic N) is 3. The lowest BCUT2D eigenvalue weighted by molar-refractivity contribution is -0.123. The predicted molar refractivity (Wildman–Crippen MR) is 77.5 cm³/mol. The van der Waals surface area contributed by atoms with Crippen molar-refractivity contribution in [3.05, 3.63) is 11.9 Å². The highest BCUT2D eigenvalue weighted by atomic mass is 16.1. The monoisotopic (exact) mass is 265 g/mol. The minimum atomic E-state index is -0.0897. The van der Waals surface area contributed by atoms with Crippen molar-refractivity contribution in [3.63, 3.8) is 0 Å². The molecular formula is C13H23N5O. The molecule has 6 heteroatoms. The Balaban J connectivity index is 2.86. The number of aryl methyl sites for hydroxylation is 1. The van der Waals surface area contributed by atoms with Crippen molar-refractivity contribution < 1.29 is 4.79 Å². The number of carbonyl (C=O) groups excluding carboxylic acids is 1. The van der Waals surface area contributed by atoms with E-state index in [0.717, 1.165) is 23.9 Å². The van der Waals surface area contributed by atoms with Crippen molar-refractivity contribution in [1.82, 2.24) is 15.3 Å². The normalized spacial score (nSPS) is 11.8. The Morgan fingerprint density at radius 2 is 2.11 bits per heavy atom. The van der Waals surface area contributed by atoms with E-state index in [9.17, 15) is 4.79 Å². The van der Waals surface area contributed by atoms with E-state index in [1.54, 1.807) is 7.05 Å². The molecule has 0 fully saturated rings. The smallest absolute Gasteiger partial charge is 0.224 e. The Kier molecular flexibility index (Phi) is 5.54. The third kappa shape index (κ3) is 4.08. The van der Waals surface area contributed by atoms with Gasteiger partial charge in [0, 0.05) is 40.2 Å². The van der Waals surface area contributed by atoms with Gasteiger partial charge in [0.05, 0.1) is 5.92 Å². The first kappa shape index (κ1) is 15.2. The SMILES string of the molecule is CCc1nc(NC)cc(N(C)CC(C)C(=O)NC)n1. The zero-order valence-corrected chi connectivity index (χ0v) is 12.3. The van der Waals surface area contributed by atoms with E-state index < -0.39 is 0 Å². The fraction of sp³-hybridized carbons (Fsp3) is 0.615. The second kappa shape index (κ2) is 6.92. The number of aromatic nitrogens is 2. The molecule has 0 aliphatic carbocycles. The van der Waals surface area contributed by atoms with Crippen LogP contribution in [0.1, 0.15) is 19.7 Å². The summed E-state index contributed by atoms with van der Waals surface area (Å²) in [6.07, 6.45) is 0.779. The van der Waals surface area contributed by atoms with Crippen molar-refractivity contribution in [1.29, 1.82) is 0 Å². The number of amides is 1. The molecule has 6 nitrogen and oxygen atoms in total. The van der Waals surface area contributed by atoms with Gasteiger partial charge in [-0.15, -0.1) is 0 Å². The van der Waals surface area contributed by atoms with E-state index in [-0.39, 0.29) is 11.8 Å². The fourth-order valence-electron chi connectivity index (χ4n) is 1.80. The minimum absolute atomic E-state index is 0.0328. The van der Waals surface area contributed by atoms with E-state index in [2.05, 4.69) is 20.6 Å². The maximum Gasteiger partial charge on any atom is 0.224 e. The lowest BCUT2D eigenvalue weighted by Crippen LogP contribution is -2.34. The molecule has 0 radical (unpaired) electrons. The van der Waals surface area contributed by atoms with Crippen LogP contribution in [0.3, 0.4) is 0 Å². The number of hydrogen-bond donors (Lipinski definition) is 2. The molecular weight excluding hydrogens is 242 g/mol. The standard InChI is InChI=1S/C13H23N5O/c1-6-10-16-11(14-3)7-12(17-10)18(5)8-9(2)13(19)15-4/h7,9H,6,8H2,1-5H3,(H,15,19)(H,14,16,17). The first-order valence-electron chi connectivity index (χ1n) is 6.50. The second-order valence-electron chi connectivity index (χ2n) is 4.53. The molecule has 1 heterocycles. The molecule has 1 atom stereocenters. The third-order valence-electron chi connectivity index (χ3n) is 2.96. The van der Waals surface area contributed by atoms with Gasteiger partial charge >= 0.3 is 0 Å². The van der Waals surface area contributed by atoms with Gasteiger partial charge in [-0.2, -0.15) is 0 Å². The Hall–Kier alpha value is -1.85. The van der Waals surface area contributed by atoms with Crippen LogP contribution in [0.2, 0.25) is 0 Å². The first-order valence-corrected chi connectivity index (χ1v) is 6.50. The Bertz CT molecular complexity index is 413. The van der Waals surface area contributed by atoms with Crippen molar-refractivity contribution in [2.75, 3.05) is 37.9 Å². The van der Waals surface area contributed by atoms with Gasteiger partial charge in [0.15, 0.2) is 0 Å². The lowest BCUT2D eigenvalue weighted by Gasteiger charge is -2.22. The molecule has 0 bridgehead atoms. The number of carbonyl (C=O) groups is 1. The fourth-order valence-corrected chi connectivity index (χ4v) is 1.80. The summed E-state index contributed by atoms with van der Waals surface area (Å²) in [6, 6.07) is 1.88. The van der Waals surface area contributed by atoms with Crippen molar-refractivity contribution in [2.24, 2.45) is 5.92 Å². The van der Waals surface area contributed by atoms with Gasteiger partial charge in [-0.25, -0.2) is 9.97 Å². The van der Waals surface area contributed by atoms with Crippen LogP contribution in [0.5, 0.6) is 0 Å². The quantitative estimate of drug-likeness (QED) is 0.799. The Morgan fingerprint density at radius 3 is 2.63 bits per heavy atom. The molecule has 1 amide bonds. The van der Waals surface area contributed by atoms with Crippen LogP contribution < -0.4 is 15.5 Å². The minimum Gasteiger partial charge on any atom is -0.373 e. The summed E-state index contributed by atoms with van der Waals surface area (Å²) < 4.78 is 0. The van der Waals surface area contributed by atoms with Gasteiger partial charge in [0.1, 0.15) is 17.5 Å². The molecule has 106 valence electrons. The maximum atomic E-state index is 11.5. The Labute approximate surface area is 114 Å². The van der Waals surface area contributed by atoms with Crippen molar-refractivity contribution in [2.45, 2.75) is 20.3 Å². The zero-order valence-electron chi connectivity index (χ0n) is 12.3. The second-order valence-corrected chi connectivity index (χ2v) is 4.53.